The topological polar surface area (TPSA) is 110 Å². The van der Waals surface area contributed by atoms with Crippen LogP contribution in [0.25, 0.3) is 0 Å². The van der Waals surface area contributed by atoms with Crippen LogP contribution in [0, 0.1) is 5.92 Å². The van der Waals surface area contributed by atoms with Crippen LogP contribution >= 0.6 is 0 Å². The molecule has 0 fully saturated rings. The van der Waals surface area contributed by atoms with Crippen molar-refractivity contribution < 1.29 is 34.1 Å². The van der Waals surface area contributed by atoms with Crippen molar-refractivity contribution in [3.63, 3.8) is 0 Å². The molecular formula is C9H12O7. The molecule has 0 bridgehead atoms. The molecule has 16 heavy (non-hydrogen) atoms. The maximum atomic E-state index is 10.8. The molecule has 7 heteroatoms. The van der Waals surface area contributed by atoms with Crippen LogP contribution < -0.4 is 0 Å². The summed E-state index contributed by atoms with van der Waals surface area (Å²) >= 11 is 0. The van der Waals surface area contributed by atoms with Gasteiger partial charge in [-0.1, -0.05) is 12.7 Å². The summed E-state index contributed by atoms with van der Waals surface area (Å²) in [5.74, 6) is -3.91. The first-order valence-electron chi connectivity index (χ1n) is 4.32. The number of carbonyl (C=O) groups is 3. The normalized spacial score (nSPS) is 11.2. The van der Waals surface area contributed by atoms with Gasteiger partial charge in [0.1, 0.15) is 19.1 Å². The Labute approximate surface area is 91.3 Å². The van der Waals surface area contributed by atoms with Gasteiger partial charge in [0.05, 0.1) is 6.42 Å². The Morgan fingerprint density at radius 1 is 1.25 bits per heavy atom. The summed E-state index contributed by atoms with van der Waals surface area (Å²) in [6, 6.07) is 0. The van der Waals surface area contributed by atoms with Crippen molar-refractivity contribution in [2.75, 3.05) is 13.2 Å². The van der Waals surface area contributed by atoms with Crippen LogP contribution in [0.1, 0.15) is 6.42 Å². The zero-order valence-electron chi connectivity index (χ0n) is 8.42. The lowest BCUT2D eigenvalue weighted by Crippen LogP contribution is -2.24. The standard InChI is InChI=1S/C9H12O7/c1-2-3-15-9(14)16-5-6(8(12)13)4-7(10)11/h2,6H,1,3-5H2,(H,10,11)(H,12,13). The molecule has 1 atom stereocenters. The highest BCUT2D eigenvalue weighted by atomic mass is 16.7. The van der Waals surface area contributed by atoms with Gasteiger partial charge in [-0.15, -0.1) is 0 Å². The Kier molecular flexibility index (Phi) is 6.34. The number of hydrogen-bond donors (Lipinski definition) is 2. The van der Waals surface area contributed by atoms with Gasteiger partial charge in [0.25, 0.3) is 0 Å². The summed E-state index contributed by atoms with van der Waals surface area (Å²) < 4.78 is 8.82. The minimum atomic E-state index is -1.35. The number of ether oxygens (including phenoxy) is 2. The Balaban J connectivity index is 4.01. The third kappa shape index (κ3) is 6.41. The maximum absolute atomic E-state index is 10.8. The molecule has 0 aromatic carbocycles. The second kappa shape index (κ2) is 7.27. The minimum Gasteiger partial charge on any atom is -0.481 e. The first-order valence-corrected chi connectivity index (χ1v) is 4.32. The van der Waals surface area contributed by atoms with Gasteiger partial charge < -0.3 is 19.7 Å². The van der Waals surface area contributed by atoms with Crippen LogP contribution in [0.4, 0.5) is 4.79 Å². The smallest absolute Gasteiger partial charge is 0.481 e. The van der Waals surface area contributed by atoms with E-state index >= 15 is 0 Å². The lowest BCUT2D eigenvalue weighted by atomic mass is 10.1. The third-order valence-electron chi connectivity index (χ3n) is 1.49. The van der Waals surface area contributed by atoms with E-state index in [1.165, 1.54) is 6.08 Å². The van der Waals surface area contributed by atoms with Gasteiger partial charge in [0.15, 0.2) is 0 Å². The van der Waals surface area contributed by atoms with E-state index in [0.717, 1.165) is 0 Å². The van der Waals surface area contributed by atoms with Crippen molar-refractivity contribution in [1.29, 1.82) is 0 Å². The minimum absolute atomic E-state index is 0.0600. The van der Waals surface area contributed by atoms with E-state index in [1.54, 1.807) is 0 Å². The molecule has 0 heterocycles. The summed E-state index contributed by atoms with van der Waals surface area (Å²) in [6.07, 6.45) is -0.367. The maximum Gasteiger partial charge on any atom is 0.508 e. The number of carbonyl (C=O) groups excluding carboxylic acids is 1. The summed E-state index contributed by atoms with van der Waals surface area (Å²) in [4.78, 5) is 31.6. The highest BCUT2D eigenvalue weighted by molar-refractivity contribution is 5.78. The van der Waals surface area contributed by atoms with Crippen molar-refractivity contribution in [3.8, 4) is 0 Å². The highest BCUT2D eigenvalue weighted by Crippen LogP contribution is 2.05. The monoisotopic (exact) mass is 232 g/mol. The van der Waals surface area contributed by atoms with E-state index in [1.807, 2.05) is 0 Å². The average molecular weight is 232 g/mol. The molecule has 0 radical (unpaired) electrons. The lowest BCUT2D eigenvalue weighted by molar-refractivity contribution is -0.149. The number of carboxylic acid groups (broad SMARTS) is 2. The molecular weight excluding hydrogens is 220 g/mol. The zero-order chi connectivity index (χ0) is 12.6. The summed E-state index contributed by atoms with van der Waals surface area (Å²) in [7, 11) is 0. The number of rotatable bonds is 7. The molecule has 90 valence electrons. The molecule has 7 nitrogen and oxygen atoms in total. The van der Waals surface area contributed by atoms with Gasteiger partial charge in [0.2, 0.25) is 0 Å². The summed E-state index contributed by atoms with van der Waals surface area (Å²) in [5.41, 5.74) is 0. The molecule has 2 N–H and O–H groups in total. The van der Waals surface area contributed by atoms with Gasteiger partial charge in [-0.05, 0) is 0 Å². The van der Waals surface area contributed by atoms with Crippen LogP contribution in [0.5, 0.6) is 0 Å². The molecule has 0 saturated heterocycles. The predicted octanol–water partition coefficient (Wildman–Crippen LogP) is 0.501. The Morgan fingerprint density at radius 2 is 1.88 bits per heavy atom. The number of aliphatic carboxylic acids is 2. The van der Waals surface area contributed by atoms with Crippen molar-refractivity contribution >= 4 is 18.1 Å². The SMILES string of the molecule is C=CCOC(=O)OCC(CC(=O)O)C(=O)O. The summed E-state index contributed by atoms with van der Waals surface area (Å²) in [5, 5.41) is 17.0. The Hall–Kier alpha value is -2.05. The van der Waals surface area contributed by atoms with Gasteiger partial charge in [-0.25, -0.2) is 4.79 Å². The molecule has 0 aromatic rings. The van der Waals surface area contributed by atoms with Gasteiger partial charge in [-0.2, -0.15) is 0 Å². The molecule has 0 aliphatic carbocycles. The lowest BCUT2D eigenvalue weighted by Gasteiger charge is -2.10. The quantitative estimate of drug-likeness (QED) is 0.485. The summed E-state index contributed by atoms with van der Waals surface area (Å²) in [6.45, 7) is 2.69. The largest absolute Gasteiger partial charge is 0.508 e. The van der Waals surface area contributed by atoms with Crippen molar-refractivity contribution in [3.05, 3.63) is 12.7 Å². The van der Waals surface area contributed by atoms with E-state index < -0.39 is 37.0 Å². The molecule has 0 amide bonds. The van der Waals surface area contributed by atoms with E-state index in [-0.39, 0.29) is 6.61 Å². The molecule has 0 aliphatic heterocycles. The van der Waals surface area contributed by atoms with E-state index in [0.29, 0.717) is 0 Å². The predicted molar refractivity (Wildman–Crippen MR) is 50.9 cm³/mol. The number of carboxylic acids is 2. The van der Waals surface area contributed by atoms with Crippen molar-refractivity contribution in [2.45, 2.75) is 6.42 Å². The van der Waals surface area contributed by atoms with Gasteiger partial charge >= 0.3 is 18.1 Å². The molecule has 0 spiro atoms. The number of hydrogen-bond acceptors (Lipinski definition) is 5. The fourth-order valence-corrected chi connectivity index (χ4v) is 0.766. The third-order valence-corrected chi connectivity index (χ3v) is 1.49. The van der Waals surface area contributed by atoms with E-state index in [2.05, 4.69) is 16.1 Å². The second-order valence-corrected chi connectivity index (χ2v) is 2.79. The highest BCUT2D eigenvalue weighted by Gasteiger charge is 2.23. The van der Waals surface area contributed by atoms with Crippen LogP contribution in [-0.4, -0.2) is 41.5 Å². The van der Waals surface area contributed by atoms with Gasteiger partial charge in [-0.3, -0.25) is 9.59 Å². The van der Waals surface area contributed by atoms with Crippen LogP contribution in [0.3, 0.4) is 0 Å². The van der Waals surface area contributed by atoms with Crippen molar-refractivity contribution in [2.24, 2.45) is 5.92 Å². The Morgan fingerprint density at radius 3 is 2.31 bits per heavy atom. The fraction of sp³-hybridized carbons (Fsp3) is 0.444. The van der Waals surface area contributed by atoms with E-state index in [9.17, 15) is 14.4 Å². The first-order chi connectivity index (χ1) is 7.47. The average Bonchev–Trinajstić information content (AvgIpc) is 2.20. The van der Waals surface area contributed by atoms with Gasteiger partial charge in [0, 0.05) is 0 Å². The van der Waals surface area contributed by atoms with Crippen LogP contribution in [0.2, 0.25) is 0 Å². The molecule has 0 aliphatic rings. The van der Waals surface area contributed by atoms with Crippen molar-refractivity contribution in [1.82, 2.24) is 0 Å². The molecule has 0 saturated carbocycles. The fourth-order valence-electron chi connectivity index (χ4n) is 0.766. The van der Waals surface area contributed by atoms with E-state index in [4.69, 9.17) is 10.2 Å². The zero-order valence-corrected chi connectivity index (χ0v) is 8.42. The second-order valence-electron chi connectivity index (χ2n) is 2.79. The van der Waals surface area contributed by atoms with Crippen LogP contribution in [-0.2, 0) is 19.1 Å². The first kappa shape index (κ1) is 13.9. The molecule has 0 rings (SSSR count). The molecule has 1 unspecified atom stereocenters. The molecule has 0 aromatic heterocycles. The van der Waals surface area contributed by atoms with Crippen LogP contribution in [0.15, 0.2) is 12.7 Å². The Bertz CT molecular complexity index is 284.